The Labute approximate surface area is 232 Å². The van der Waals surface area contributed by atoms with Crippen molar-refractivity contribution in [2.75, 3.05) is 13.4 Å². The number of ether oxygens (including phenoxy) is 4. The number of benzene rings is 4. The van der Waals surface area contributed by atoms with Gasteiger partial charge >= 0.3 is 17.9 Å². The molecule has 0 aliphatic carbocycles. The lowest BCUT2D eigenvalue weighted by molar-refractivity contribution is -0.145. The molecule has 0 unspecified atom stereocenters. The molecule has 0 aliphatic heterocycles. The van der Waals surface area contributed by atoms with Crippen LogP contribution in [-0.2, 0) is 25.5 Å². The summed E-state index contributed by atoms with van der Waals surface area (Å²) in [6.07, 6.45) is 1.66. The van der Waals surface area contributed by atoms with Crippen LogP contribution in [0.15, 0.2) is 110 Å². The first-order chi connectivity index (χ1) is 19.3. The van der Waals surface area contributed by atoms with Crippen molar-refractivity contribution in [1.82, 2.24) is 0 Å². The van der Waals surface area contributed by atoms with Gasteiger partial charge in [-0.15, -0.1) is 0 Å². The van der Waals surface area contributed by atoms with Gasteiger partial charge in [0.15, 0.2) is 0 Å². The number of esters is 3. The molecule has 0 saturated carbocycles. The van der Waals surface area contributed by atoms with Gasteiger partial charge in [-0.2, -0.15) is 0 Å². The third-order valence-corrected chi connectivity index (χ3v) is 5.97. The zero-order valence-electron chi connectivity index (χ0n) is 22.1. The first-order valence-corrected chi connectivity index (χ1v) is 12.5. The molecule has 0 N–H and O–H groups in total. The molecule has 0 spiro atoms. The maximum atomic E-state index is 12.7. The Morgan fingerprint density at radius 3 is 2.12 bits per heavy atom. The zero-order chi connectivity index (χ0) is 28.5. The van der Waals surface area contributed by atoms with E-state index in [-0.39, 0.29) is 13.4 Å². The molecule has 0 bridgehead atoms. The van der Waals surface area contributed by atoms with E-state index in [9.17, 15) is 14.4 Å². The van der Waals surface area contributed by atoms with Crippen LogP contribution in [0, 0.1) is 0 Å². The van der Waals surface area contributed by atoms with Crippen LogP contribution in [-0.4, -0.2) is 31.3 Å². The van der Waals surface area contributed by atoms with Crippen LogP contribution in [0.4, 0.5) is 0 Å². The lowest BCUT2D eigenvalue weighted by atomic mass is 10.0. The molecule has 4 aromatic carbocycles. The maximum absolute atomic E-state index is 12.7. The van der Waals surface area contributed by atoms with Crippen molar-refractivity contribution in [3.05, 3.63) is 121 Å². The fraction of sp³-hybridized carbons (Fsp3) is 0.121. The Kier molecular flexibility index (Phi) is 9.10. The molecule has 0 radical (unpaired) electrons. The van der Waals surface area contributed by atoms with Gasteiger partial charge in [0.25, 0.3) is 0 Å². The number of carbonyl (C=O) groups is 3. The van der Waals surface area contributed by atoms with Gasteiger partial charge in [0.05, 0.1) is 12.2 Å². The molecule has 40 heavy (non-hydrogen) atoms. The Morgan fingerprint density at radius 2 is 1.43 bits per heavy atom. The third-order valence-electron chi connectivity index (χ3n) is 5.97. The molecule has 7 heteroatoms. The monoisotopic (exact) mass is 536 g/mol. The fourth-order valence-electron chi connectivity index (χ4n) is 3.79. The van der Waals surface area contributed by atoms with E-state index in [4.69, 9.17) is 18.9 Å². The van der Waals surface area contributed by atoms with E-state index in [0.29, 0.717) is 29.1 Å². The van der Waals surface area contributed by atoms with Crippen LogP contribution < -0.4 is 9.47 Å². The van der Waals surface area contributed by atoms with Crippen molar-refractivity contribution in [3.63, 3.8) is 0 Å². The molecule has 202 valence electrons. The Bertz CT molecular complexity index is 1550. The van der Waals surface area contributed by atoms with E-state index < -0.39 is 17.9 Å². The molecule has 4 aromatic rings. The van der Waals surface area contributed by atoms with E-state index in [2.05, 4.69) is 19.2 Å². The largest absolute Gasteiger partial charge is 0.462 e. The van der Waals surface area contributed by atoms with Crippen molar-refractivity contribution in [2.24, 2.45) is 0 Å². The molecule has 0 saturated heterocycles. The minimum absolute atomic E-state index is 0.186. The molecule has 0 fully saturated rings. The lowest BCUT2D eigenvalue weighted by Crippen LogP contribution is -2.10. The second-order valence-electron chi connectivity index (χ2n) is 8.93. The highest BCUT2D eigenvalue weighted by molar-refractivity contribution is 5.93. The second-order valence-corrected chi connectivity index (χ2v) is 8.93. The van der Waals surface area contributed by atoms with Gasteiger partial charge in [0, 0.05) is 18.1 Å². The van der Waals surface area contributed by atoms with E-state index in [1.165, 1.54) is 0 Å². The van der Waals surface area contributed by atoms with Crippen LogP contribution >= 0.6 is 0 Å². The predicted octanol–water partition coefficient (Wildman–Crippen LogP) is 6.45. The highest BCUT2D eigenvalue weighted by atomic mass is 16.7. The van der Waals surface area contributed by atoms with Gasteiger partial charge in [-0.3, -0.25) is 0 Å². The topological polar surface area (TPSA) is 88.1 Å². The van der Waals surface area contributed by atoms with E-state index in [1.807, 2.05) is 36.4 Å². The molecule has 0 aromatic heterocycles. The van der Waals surface area contributed by atoms with E-state index in [0.717, 1.165) is 33.5 Å². The van der Waals surface area contributed by atoms with Crippen LogP contribution in [0.1, 0.15) is 22.8 Å². The average molecular weight is 537 g/mol. The lowest BCUT2D eigenvalue weighted by Gasteiger charge is -2.10. The smallest absolute Gasteiger partial charge is 0.343 e. The molecular formula is C33H28O7. The van der Waals surface area contributed by atoms with Gasteiger partial charge in [-0.1, -0.05) is 55.6 Å². The summed E-state index contributed by atoms with van der Waals surface area (Å²) in [5.74, 6) is -0.402. The molecule has 0 atom stereocenters. The number of hydrogen-bond acceptors (Lipinski definition) is 7. The minimum atomic E-state index is -0.498. The van der Waals surface area contributed by atoms with Gasteiger partial charge in [0.1, 0.15) is 11.5 Å². The second kappa shape index (κ2) is 13.1. The normalized spacial score (nSPS) is 10.4. The average Bonchev–Trinajstić information content (AvgIpc) is 2.97. The highest BCUT2D eigenvalue weighted by Gasteiger charge is 2.10. The summed E-state index contributed by atoms with van der Waals surface area (Å²) in [6.45, 7) is 8.51. The summed E-state index contributed by atoms with van der Waals surface area (Å²) >= 11 is 0. The summed E-state index contributed by atoms with van der Waals surface area (Å²) in [4.78, 5) is 35.2. The van der Waals surface area contributed by atoms with Crippen molar-refractivity contribution in [3.8, 4) is 22.6 Å². The van der Waals surface area contributed by atoms with Crippen LogP contribution in [0.5, 0.6) is 11.5 Å². The molecule has 4 rings (SSSR count). The molecule has 0 amide bonds. The standard InChI is InChI=1S/C33H28O7/c1-4-31(34)37-18-17-23-5-7-25(8-6-23)33(36)40-30-16-13-27-19-26(9-10-28(27)20-30)24-11-14-29(15-12-24)38-21-39-32(35)22(2)3/h4-16,19-20H,1-2,17-18,21H2,3H3. The van der Waals surface area contributed by atoms with Crippen LogP contribution in [0.2, 0.25) is 0 Å². The van der Waals surface area contributed by atoms with Crippen molar-refractivity contribution in [2.45, 2.75) is 13.3 Å². The summed E-state index contributed by atoms with van der Waals surface area (Å²) < 4.78 is 21.0. The highest BCUT2D eigenvalue weighted by Crippen LogP contribution is 2.28. The fourth-order valence-corrected chi connectivity index (χ4v) is 3.79. The summed E-state index contributed by atoms with van der Waals surface area (Å²) in [6, 6.07) is 25.9. The van der Waals surface area contributed by atoms with E-state index >= 15 is 0 Å². The minimum Gasteiger partial charge on any atom is -0.462 e. The Morgan fingerprint density at radius 1 is 0.775 bits per heavy atom. The van der Waals surface area contributed by atoms with Crippen molar-refractivity contribution in [1.29, 1.82) is 0 Å². The number of carbonyl (C=O) groups excluding carboxylic acids is 3. The van der Waals surface area contributed by atoms with Crippen LogP contribution in [0.3, 0.4) is 0 Å². The first-order valence-electron chi connectivity index (χ1n) is 12.5. The molecular weight excluding hydrogens is 508 g/mol. The summed E-state index contributed by atoms with van der Waals surface area (Å²) in [5, 5.41) is 1.92. The third kappa shape index (κ3) is 7.45. The van der Waals surface area contributed by atoms with Gasteiger partial charge in [0.2, 0.25) is 6.79 Å². The van der Waals surface area contributed by atoms with E-state index in [1.54, 1.807) is 49.4 Å². The van der Waals surface area contributed by atoms with Gasteiger partial charge < -0.3 is 18.9 Å². The first kappa shape index (κ1) is 27.9. The Hall–Kier alpha value is -5.17. The SMILES string of the molecule is C=CC(=O)OCCc1ccc(C(=O)Oc2ccc3cc(-c4ccc(OCOC(=O)C(=C)C)cc4)ccc3c2)cc1. The van der Waals surface area contributed by atoms with Gasteiger partial charge in [-0.25, -0.2) is 14.4 Å². The molecule has 0 aliphatic rings. The molecule has 7 nitrogen and oxygen atoms in total. The maximum Gasteiger partial charge on any atom is 0.343 e. The summed E-state index contributed by atoms with van der Waals surface area (Å²) in [5.41, 5.74) is 3.67. The predicted molar refractivity (Wildman–Crippen MR) is 152 cm³/mol. The quantitative estimate of drug-likeness (QED) is 0.0942. The number of rotatable bonds is 11. The van der Waals surface area contributed by atoms with Crippen molar-refractivity contribution >= 4 is 28.7 Å². The molecule has 0 heterocycles. The van der Waals surface area contributed by atoms with Crippen molar-refractivity contribution < 1.29 is 33.3 Å². The number of fused-ring (bicyclic) bond motifs is 1. The Balaban J connectivity index is 1.35. The zero-order valence-corrected chi connectivity index (χ0v) is 22.1. The van der Waals surface area contributed by atoms with Gasteiger partial charge in [-0.05, 0) is 76.9 Å². The number of hydrogen-bond donors (Lipinski definition) is 0. The summed E-state index contributed by atoms with van der Waals surface area (Å²) in [7, 11) is 0. The van der Waals surface area contributed by atoms with Crippen LogP contribution in [0.25, 0.3) is 21.9 Å².